The number of rotatable bonds is 3. The molecule has 2 heterocycles. The minimum Gasteiger partial charge on any atom is -0.472 e. The molecule has 3 aromatic rings. The summed E-state index contributed by atoms with van der Waals surface area (Å²) in [5.74, 6) is 0. The highest BCUT2D eigenvalue weighted by molar-refractivity contribution is 6.60. The van der Waals surface area contributed by atoms with E-state index in [0.29, 0.717) is 5.46 Å². The van der Waals surface area contributed by atoms with Crippen molar-refractivity contribution in [2.45, 2.75) is 0 Å². The van der Waals surface area contributed by atoms with Crippen LogP contribution in [0.2, 0.25) is 0 Å². The van der Waals surface area contributed by atoms with E-state index in [2.05, 4.69) is 0 Å². The van der Waals surface area contributed by atoms with Gasteiger partial charge in [0.25, 0.3) is 0 Å². The molecule has 0 radical (unpaired) electrons. The predicted molar refractivity (Wildman–Crippen MR) is 71.7 cm³/mol. The van der Waals surface area contributed by atoms with Crippen molar-refractivity contribution < 1.29 is 18.9 Å². The molecule has 0 aliphatic rings. The van der Waals surface area contributed by atoms with Gasteiger partial charge in [0.2, 0.25) is 0 Å². The summed E-state index contributed by atoms with van der Waals surface area (Å²) in [4.78, 5) is 0. The molecule has 0 unspecified atom stereocenters. The SMILES string of the molecule is OB(O)c1cccc(-c2ccoc2)c1-c1ccoc1. The van der Waals surface area contributed by atoms with Gasteiger partial charge in [-0.25, -0.2) is 0 Å². The van der Waals surface area contributed by atoms with Crippen LogP contribution in [0, 0.1) is 0 Å². The summed E-state index contributed by atoms with van der Waals surface area (Å²) >= 11 is 0. The summed E-state index contributed by atoms with van der Waals surface area (Å²) in [6, 6.07) is 8.97. The molecule has 4 nitrogen and oxygen atoms in total. The Kier molecular flexibility index (Phi) is 2.99. The monoisotopic (exact) mass is 254 g/mol. The molecule has 1 aromatic carbocycles. The van der Waals surface area contributed by atoms with E-state index >= 15 is 0 Å². The van der Waals surface area contributed by atoms with Crippen LogP contribution >= 0.6 is 0 Å². The van der Waals surface area contributed by atoms with Crippen LogP contribution < -0.4 is 5.46 Å². The highest BCUT2D eigenvalue weighted by Crippen LogP contribution is 2.31. The summed E-state index contributed by atoms with van der Waals surface area (Å²) in [7, 11) is -1.54. The fraction of sp³-hybridized carbons (Fsp3) is 0. The largest absolute Gasteiger partial charge is 0.489 e. The van der Waals surface area contributed by atoms with Crippen LogP contribution in [0.25, 0.3) is 22.3 Å². The van der Waals surface area contributed by atoms with Gasteiger partial charge in [-0.05, 0) is 28.7 Å². The zero-order valence-electron chi connectivity index (χ0n) is 9.98. The Morgan fingerprint density at radius 2 is 1.53 bits per heavy atom. The molecule has 0 spiro atoms. The molecule has 0 aliphatic carbocycles. The summed E-state index contributed by atoms with van der Waals surface area (Å²) in [5, 5.41) is 19.1. The van der Waals surface area contributed by atoms with E-state index < -0.39 is 7.12 Å². The van der Waals surface area contributed by atoms with Crippen molar-refractivity contribution in [2.24, 2.45) is 0 Å². The topological polar surface area (TPSA) is 66.7 Å². The van der Waals surface area contributed by atoms with Crippen LogP contribution in [-0.4, -0.2) is 17.2 Å². The minimum absolute atomic E-state index is 0.431. The first-order chi connectivity index (χ1) is 9.27. The van der Waals surface area contributed by atoms with Gasteiger partial charge in [-0.1, -0.05) is 18.2 Å². The van der Waals surface area contributed by atoms with Crippen molar-refractivity contribution in [3.05, 3.63) is 55.4 Å². The second-order valence-electron chi connectivity index (χ2n) is 4.17. The zero-order valence-corrected chi connectivity index (χ0v) is 9.98. The molecule has 3 rings (SSSR count). The van der Waals surface area contributed by atoms with Crippen LogP contribution in [0.1, 0.15) is 0 Å². The first-order valence-corrected chi connectivity index (χ1v) is 5.81. The van der Waals surface area contributed by atoms with Crippen molar-refractivity contribution >= 4 is 12.6 Å². The van der Waals surface area contributed by atoms with E-state index in [4.69, 9.17) is 8.83 Å². The van der Waals surface area contributed by atoms with Crippen LogP contribution in [0.3, 0.4) is 0 Å². The Labute approximate surface area is 110 Å². The maximum atomic E-state index is 9.53. The minimum atomic E-state index is -1.54. The maximum absolute atomic E-state index is 9.53. The molecule has 5 heteroatoms. The average Bonchev–Trinajstić information content (AvgIpc) is 3.11. The molecular weight excluding hydrogens is 243 g/mol. The van der Waals surface area contributed by atoms with E-state index in [-0.39, 0.29) is 0 Å². The lowest BCUT2D eigenvalue weighted by atomic mass is 9.73. The molecule has 0 fully saturated rings. The molecule has 0 amide bonds. The van der Waals surface area contributed by atoms with Gasteiger partial charge in [0, 0.05) is 11.1 Å². The highest BCUT2D eigenvalue weighted by atomic mass is 16.4. The fourth-order valence-corrected chi connectivity index (χ4v) is 2.17. The Balaban J connectivity index is 2.28. The maximum Gasteiger partial charge on any atom is 0.489 e. The predicted octanol–water partition coefficient (Wildman–Crippen LogP) is 1.89. The van der Waals surface area contributed by atoms with Gasteiger partial charge in [-0.15, -0.1) is 0 Å². The van der Waals surface area contributed by atoms with Gasteiger partial charge < -0.3 is 18.9 Å². The average molecular weight is 254 g/mol. The molecule has 0 atom stereocenters. The van der Waals surface area contributed by atoms with Crippen molar-refractivity contribution in [3.63, 3.8) is 0 Å². The van der Waals surface area contributed by atoms with Crippen molar-refractivity contribution in [3.8, 4) is 22.3 Å². The second-order valence-corrected chi connectivity index (χ2v) is 4.17. The number of benzene rings is 1. The van der Waals surface area contributed by atoms with Gasteiger partial charge >= 0.3 is 7.12 Å². The van der Waals surface area contributed by atoms with E-state index in [0.717, 1.165) is 22.3 Å². The summed E-state index contributed by atoms with van der Waals surface area (Å²) in [6.45, 7) is 0. The second kappa shape index (κ2) is 4.80. The fourth-order valence-electron chi connectivity index (χ4n) is 2.17. The van der Waals surface area contributed by atoms with Crippen LogP contribution in [0.4, 0.5) is 0 Å². The number of furan rings is 2. The first-order valence-electron chi connectivity index (χ1n) is 5.81. The standard InChI is InChI=1S/C14H11BO4/c16-15(17)13-3-1-2-12(10-4-6-18-8-10)14(13)11-5-7-19-9-11/h1-9,16-17H. The van der Waals surface area contributed by atoms with E-state index in [1.54, 1.807) is 43.3 Å². The Morgan fingerprint density at radius 1 is 0.842 bits per heavy atom. The highest BCUT2D eigenvalue weighted by Gasteiger charge is 2.21. The molecule has 0 bridgehead atoms. The van der Waals surface area contributed by atoms with Gasteiger partial charge in [-0.3, -0.25) is 0 Å². The van der Waals surface area contributed by atoms with E-state index in [1.807, 2.05) is 12.1 Å². The van der Waals surface area contributed by atoms with Gasteiger partial charge in [0.15, 0.2) is 0 Å². The lowest BCUT2D eigenvalue weighted by Crippen LogP contribution is -2.31. The molecule has 0 aliphatic heterocycles. The van der Waals surface area contributed by atoms with E-state index in [1.165, 1.54) is 0 Å². The third-order valence-corrected chi connectivity index (χ3v) is 3.02. The first kappa shape index (κ1) is 11.8. The Bertz CT molecular complexity index is 657. The van der Waals surface area contributed by atoms with Crippen LogP contribution in [0.15, 0.2) is 64.2 Å². The van der Waals surface area contributed by atoms with Gasteiger partial charge in [0.1, 0.15) is 0 Å². The third kappa shape index (κ3) is 2.09. The quantitative estimate of drug-likeness (QED) is 0.700. The summed E-state index contributed by atoms with van der Waals surface area (Å²) < 4.78 is 10.2. The summed E-state index contributed by atoms with van der Waals surface area (Å²) in [6.07, 6.45) is 6.32. The van der Waals surface area contributed by atoms with Crippen LogP contribution in [0.5, 0.6) is 0 Å². The van der Waals surface area contributed by atoms with Crippen molar-refractivity contribution in [1.29, 1.82) is 0 Å². The number of hydrogen-bond acceptors (Lipinski definition) is 4. The molecule has 94 valence electrons. The molecule has 2 N–H and O–H groups in total. The van der Waals surface area contributed by atoms with Crippen molar-refractivity contribution in [2.75, 3.05) is 0 Å². The smallest absolute Gasteiger partial charge is 0.472 e. The lowest BCUT2D eigenvalue weighted by Gasteiger charge is -2.12. The lowest BCUT2D eigenvalue weighted by molar-refractivity contribution is 0.426. The van der Waals surface area contributed by atoms with Crippen molar-refractivity contribution in [1.82, 2.24) is 0 Å². The Hall–Kier alpha value is -2.24. The third-order valence-electron chi connectivity index (χ3n) is 3.02. The zero-order chi connectivity index (χ0) is 13.2. The van der Waals surface area contributed by atoms with Crippen LogP contribution in [-0.2, 0) is 0 Å². The normalized spacial score (nSPS) is 10.6. The van der Waals surface area contributed by atoms with E-state index in [9.17, 15) is 10.0 Å². The Morgan fingerprint density at radius 3 is 2.11 bits per heavy atom. The molecular formula is C14H11BO4. The van der Waals surface area contributed by atoms with Gasteiger partial charge in [0.05, 0.1) is 25.1 Å². The molecule has 0 saturated carbocycles. The van der Waals surface area contributed by atoms with Gasteiger partial charge in [-0.2, -0.15) is 0 Å². The molecule has 2 aromatic heterocycles. The molecule has 19 heavy (non-hydrogen) atoms. The number of hydrogen-bond donors (Lipinski definition) is 2. The summed E-state index contributed by atoms with van der Waals surface area (Å²) in [5.41, 5.74) is 3.69. The molecule has 0 saturated heterocycles.